The zero-order valence-corrected chi connectivity index (χ0v) is 13.8. The van der Waals surface area contributed by atoms with Gasteiger partial charge in [-0.3, -0.25) is 4.68 Å². The first-order valence-corrected chi connectivity index (χ1v) is 7.37. The van der Waals surface area contributed by atoms with Crippen LogP contribution in [0.4, 0.5) is 0 Å². The molecule has 0 spiro atoms. The molecule has 22 heavy (non-hydrogen) atoms. The molecule has 4 heteroatoms. The molecule has 4 nitrogen and oxygen atoms in total. The SMILES string of the molecule is CC/C(=C\C(=O)OC)c1ccc(-c2c(C)nn(C)c2C)cc1. The van der Waals surface area contributed by atoms with Crippen molar-refractivity contribution in [1.29, 1.82) is 0 Å². The largest absolute Gasteiger partial charge is 0.466 e. The fraction of sp³-hybridized carbons (Fsp3) is 0.333. The molecule has 1 aromatic carbocycles. The number of ether oxygens (including phenoxy) is 1. The van der Waals surface area contributed by atoms with Crippen LogP contribution in [0.1, 0.15) is 30.3 Å². The van der Waals surface area contributed by atoms with E-state index in [1.165, 1.54) is 12.7 Å². The summed E-state index contributed by atoms with van der Waals surface area (Å²) in [5.74, 6) is -0.320. The van der Waals surface area contributed by atoms with Crippen LogP contribution in [0.25, 0.3) is 16.7 Å². The van der Waals surface area contributed by atoms with Crippen LogP contribution in [0.3, 0.4) is 0 Å². The summed E-state index contributed by atoms with van der Waals surface area (Å²) in [6.45, 7) is 6.11. The molecule has 0 fully saturated rings. The first-order valence-electron chi connectivity index (χ1n) is 7.37. The van der Waals surface area contributed by atoms with Crippen molar-refractivity contribution in [3.8, 4) is 11.1 Å². The Balaban J connectivity index is 2.38. The second kappa shape index (κ2) is 6.60. The molecule has 0 unspecified atom stereocenters. The molecule has 0 N–H and O–H groups in total. The lowest BCUT2D eigenvalue weighted by atomic mass is 9.98. The van der Waals surface area contributed by atoms with E-state index in [4.69, 9.17) is 4.74 Å². The Bertz CT molecular complexity index is 709. The van der Waals surface area contributed by atoms with Crippen LogP contribution < -0.4 is 0 Å². The molecular formula is C18H22N2O2. The van der Waals surface area contributed by atoms with E-state index in [-0.39, 0.29) is 5.97 Å². The normalized spacial score (nSPS) is 11.6. The van der Waals surface area contributed by atoms with E-state index < -0.39 is 0 Å². The molecule has 0 bridgehead atoms. The van der Waals surface area contributed by atoms with Gasteiger partial charge in [0.05, 0.1) is 12.8 Å². The zero-order chi connectivity index (χ0) is 16.3. The van der Waals surface area contributed by atoms with Gasteiger partial charge in [-0.2, -0.15) is 5.10 Å². The molecule has 116 valence electrons. The molecule has 0 saturated carbocycles. The van der Waals surface area contributed by atoms with Gasteiger partial charge in [0.15, 0.2) is 0 Å². The van der Waals surface area contributed by atoms with Gasteiger partial charge in [-0.1, -0.05) is 31.2 Å². The maximum atomic E-state index is 11.4. The highest BCUT2D eigenvalue weighted by molar-refractivity contribution is 5.91. The Labute approximate surface area is 131 Å². The Morgan fingerprint density at radius 3 is 2.36 bits per heavy atom. The Hall–Kier alpha value is -2.36. The molecule has 0 aliphatic carbocycles. The minimum absolute atomic E-state index is 0.320. The molecule has 0 aliphatic rings. The Morgan fingerprint density at radius 2 is 1.91 bits per heavy atom. The molecular weight excluding hydrogens is 276 g/mol. The van der Waals surface area contributed by atoms with Crippen molar-refractivity contribution >= 4 is 11.5 Å². The minimum Gasteiger partial charge on any atom is -0.466 e. The van der Waals surface area contributed by atoms with Crippen LogP contribution in [0.5, 0.6) is 0 Å². The third kappa shape index (κ3) is 3.11. The predicted molar refractivity (Wildman–Crippen MR) is 88.4 cm³/mol. The van der Waals surface area contributed by atoms with Gasteiger partial charge in [-0.25, -0.2) is 4.79 Å². The number of nitrogens with zero attached hydrogens (tertiary/aromatic N) is 2. The van der Waals surface area contributed by atoms with Crippen LogP contribution in [0.2, 0.25) is 0 Å². The summed E-state index contributed by atoms with van der Waals surface area (Å²) in [7, 11) is 3.34. The molecule has 2 aromatic rings. The summed E-state index contributed by atoms with van der Waals surface area (Å²) in [6, 6.07) is 8.24. The lowest BCUT2D eigenvalue weighted by Crippen LogP contribution is -1.97. The number of allylic oxidation sites excluding steroid dienone is 1. The number of aryl methyl sites for hydroxylation is 2. The zero-order valence-electron chi connectivity index (χ0n) is 13.8. The molecule has 0 aliphatic heterocycles. The average molecular weight is 298 g/mol. The molecule has 2 rings (SSSR count). The first kappa shape index (κ1) is 16.0. The van der Waals surface area contributed by atoms with Crippen molar-refractivity contribution in [3.05, 3.63) is 47.3 Å². The van der Waals surface area contributed by atoms with Crippen molar-refractivity contribution in [2.45, 2.75) is 27.2 Å². The summed E-state index contributed by atoms with van der Waals surface area (Å²) in [4.78, 5) is 11.4. The number of hydrogen-bond acceptors (Lipinski definition) is 3. The second-order valence-electron chi connectivity index (χ2n) is 5.29. The van der Waals surface area contributed by atoms with E-state index >= 15 is 0 Å². The second-order valence-corrected chi connectivity index (χ2v) is 5.29. The summed E-state index contributed by atoms with van der Waals surface area (Å²) in [5.41, 5.74) is 6.48. The smallest absolute Gasteiger partial charge is 0.330 e. The molecule has 0 amide bonds. The molecule has 0 atom stereocenters. The summed E-state index contributed by atoms with van der Waals surface area (Å²) >= 11 is 0. The van der Waals surface area contributed by atoms with Gasteiger partial charge < -0.3 is 4.74 Å². The molecule has 1 heterocycles. The van der Waals surface area contributed by atoms with Gasteiger partial charge in [0.1, 0.15) is 0 Å². The molecule has 1 aromatic heterocycles. The molecule has 0 radical (unpaired) electrons. The van der Waals surface area contributed by atoms with Gasteiger partial charge in [0.25, 0.3) is 0 Å². The van der Waals surface area contributed by atoms with Crippen molar-refractivity contribution in [1.82, 2.24) is 9.78 Å². The maximum absolute atomic E-state index is 11.4. The van der Waals surface area contributed by atoms with E-state index in [1.54, 1.807) is 6.08 Å². The third-order valence-electron chi connectivity index (χ3n) is 3.93. The van der Waals surface area contributed by atoms with E-state index in [0.717, 1.165) is 34.5 Å². The summed E-state index contributed by atoms with van der Waals surface area (Å²) < 4.78 is 6.60. The first-order chi connectivity index (χ1) is 10.5. The Morgan fingerprint density at radius 1 is 1.27 bits per heavy atom. The number of aromatic nitrogens is 2. The van der Waals surface area contributed by atoms with Crippen LogP contribution >= 0.6 is 0 Å². The van der Waals surface area contributed by atoms with Crippen LogP contribution in [0.15, 0.2) is 30.3 Å². The number of benzene rings is 1. The predicted octanol–water partition coefficient (Wildman–Crippen LogP) is 3.67. The standard InChI is InChI=1S/C18H22N2O2/c1-6-14(11-17(21)22-5)15-7-9-16(10-8-15)18-12(2)19-20(4)13(18)3/h7-11H,6H2,1-5H3/b14-11+. The number of carbonyl (C=O) groups is 1. The van der Waals surface area contributed by atoms with Crippen molar-refractivity contribution < 1.29 is 9.53 Å². The maximum Gasteiger partial charge on any atom is 0.330 e. The van der Waals surface area contributed by atoms with Crippen molar-refractivity contribution in [2.24, 2.45) is 7.05 Å². The van der Waals surface area contributed by atoms with E-state index in [1.807, 2.05) is 37.7 Å². The minimum atomic E-state index is -0.320. The van der Waals surface area contributed by atoms with Crippen molar-refractivity contribution in [3.63, 3.8) is 0 Å². The third-order valence-corrected chi connectivity index (χ3v) is 3.93. The highest BCUT2D eigenvalue weighted by Crippen LogP contribution is 2.28. The fourth-order valence-electron chi connectivity index (χ4n) is 2.63. The summed E-state index contributed by atoms with van der Waals surface area (Å²) in [6.07, 6.45) is 2.33. The highest BCUT2D eigenvalue weighted by atomic mass is 16.5. The van der Waals surface area contributed by atoms with E-state index in [0.29, 0.717) is 0 Å². The van der Waals surface area contributed by atoms with E-state index in [9.17, 15) is 4.79 Å². The van der Waals surface area contributed by atoms with Gasteiger partial charge in [0.2, 0.25) is 0 Å². The number of carbonyl (C=O) groups excluding carboxylic acids is 1. The van der Waals surface area contributed by atoms with Crippen LogP contribution in [-0.4, -0.2) is 22.9 Å². The average Bonchev–Trinajstić information content (AvgIpc) is 2.77. The molecule has 0 saturated heterocycles. The summed E-state index contributed by atoms with van der Waals surface area (Å²) in [5, 5.41) is 4.46. The number of esters is 1. The van der Waals surface area contributed by atoms with Gasteiger partial charge in [-0.15, -0.1) is 0 Å². The highest BCUT2D eigenvalue weighted by Gasteiger charge is 2.12. The quantitative estimate of drug-likeness (QED) is 0.639. The lowest BCUT2D eigenvalue weighted by Gasteiger charge is -2.07. The monoisotopic (exact) mass is 298 g/mol. The van der Waals surface area contributed by atoms with Gasteiger partial charge in [-0.05, 0) is 37.0 Å². The van der Waals surface area contributed by atoms with Gasteiger partial charge >= 0.3 is 5.97 Å². The fourth-order valence-corrected chi connectivity index (χ4v) is 2.63. The number of hydrogen-bond donors (Lipinski definition) is 0. The lowest BCUT2D eigenvalue weighted by molar-refractivity contribution is -0.134. The van der Waals surface area contributed by atoms with Crippen molar-refractivity contribution in [2.75, 3.05) is 7.11 Å². The van der Waals surface area contributed by atoms with E-state index in [2.05, 4.69) is 24.2 Å². The number of rotatable bonds is 4. The Kier molecular flexibility index (Phi) is 4.81. The van der Waals surface area contributed by atoms with Gasteiger partial charge in [0, 0.05) is 24.4 Å². The topological polar surface area (TPSA) is 44.1 Å². The number of methoxy groups -OCH3 is 1. The van der Waals surface area contributed by atoms with Crippen LogP contribution in [-0.2, 0) is 16.6 Å². The van der Waals surface area contributed by atoms with Crippen LogP contribution in [0, 0.1) is 13.8 Å².